The lowest BCUT2D eigenvalue weighted by molar-refractivity contribution is 0.167. The molecule has 3 aliphatic rings. The predicted molar refractivity (Wildman–Crippen MR) is 105 cm³/mol. The minimum Gasteiger partial charge on any atom is -0.461 e. The van der Waals surface area contributed by atoms with Gasteiger partial charge in [-0.05, 0) is 30.3 Å². The smallest absolute Gasteiger partial charge is 0.323 e. The highest BCUT2D eigenvalue weighted by Gasteiger charge is 2.28. The summed E-state index contributed by atoms with van der Waals surface area (Å²) in [7, 11) is 0. The van der Waals surface area contributed by atoms with Crippen molar-refractivity contribution in [1.82, 2.24) is 15.4 Å². The molecule has 0 saturated carbocycles. The van der Waals surface area contributed by atoms with E-state index in [0.29, 0.717) is 30.9 Å². The van der Waals surface area contributed by atoms with Crippen LogP contribution in [0.5, 0.6) is 0 Å². The van der Waals surface area contributed by atoms with Crippen molar-refractivity contribution in [1.29, 1.82) is 0 Å². The summed E-state index contributed by atoms with van der Waals surface area (Å²) in [6.07, 6.45) is 0.640. The Morgan fingerprint density at radius 3 is 3.07 bits per heavy atom. The second-order valence-corrected chi connectivity index (χ2v) is 6.96. The molecule has 1 saturated heterocycles. The molecule has 2 amide bonds. The van der Waals surface area contributed by atoms with E-state index in [-0.39, 0.29) is 12.1 Å². The molecule has 142 valence electrons. The van der Waals surface area contributed by atoms with Gasteiger partial charge in [0.25, 0.3) is 0 Å². The van der Waals surface area contributed by atoms with Crippen LogP contribution in [0, 0.1) is 0 Å². The molecule has 7 nitrogen and oxygen atoms in total. The number of anilines is 1. The van der Waals surface area contributed by atoms with Crippen molar-refractivity contribution >= 4 is 22.8 Å². The number of hydrogen-bond donors (Lipinski definition) is 2. The van der Waals surface area contributed by atoms with Crippen LogP contribution in [0.15, 0.2) is 63.5 Å². The first-order valence-corrected chi connectivity index (χ1v) is 9.38. The van der Waals surface area contributed by atoms with Crippen LogP contribution < -0.4 is 10.6 Å². The molecule has 0 spiro atoms. The van der Waals surface area contributed by atoms with Crippen molar-refractivity contribution in [2.24, 2.45) is 0 Å². The summed E-state index contributed by atoms with van der Waals surface area (Å²) in [5.74, 6) is 2.17. The van der Waals surface area contributed by atoms with Gasteiger partial charge in [-0.25, -0.2) is 4.79 Å². The Morgan fingerprint density at radius 1 is 1.18 bits per heavy atom. The number of fused-ring (bicyclic) bond motifs is 2. The zero-order valence-electron chi connectivity index (χ0n) is 15.2. The number of benzene rings is 1. The average molecular weight is 376 g/mol. The molecule has 2 aromatic rings. The average Bonchev–Trinajstić information content (AvgIpc) is 3.35. The maximum atomic E-state index is 13.0. The standard InChI is InChI=1S/C21H20N4O3/c26-21(23-20-17-5-1-2-6-19(17)28-24-20)25-11-10-22-13-15(25)12-16-9-8-14-4-3-7-18(14)27-16/h1-9,15,22H,10-13H2,(H,23,24,26). The Kier molecular flexibility index (Phi) is 4.21. The van der Waals surface area contributed by atoms with E-state index in [0.717, 1.165) is 29.0 Å². The van der Waals surface area contributed by atoms with Gasteiger partial charge in [-0.15, -0.1) is 0 Å². The summed E-state index contributed by atoms with van der Waals surface area (Å²) in [4.78, 5) is 14.8. The molecule has 7 heteroatoms. The third kappa shape index (κ3) is 3.10. The lowest BCUT2D eigenvalue weighted by Gasteiger charge is -2.35. The van der Waals surface area contributed by atoms with E-state index in [4.69, 9.17) is 8.94 Å². The zero-order valence-corrected chi connectivity index (χ0v) is 15.2. The molecule has 1 unspecified atom stereocenters. The summed E-state index contributed by atoms with van der Waals surface area (Å²) in [5, 5.41) is 11.1. The van der Waals surface area contributed by atoms with Gasteiger partial charge in [-0.3, -0.25) is 5.32 Å². The third-order valence-corrected chi connectivity index (χ3v) is 5.15. The number of para-hydroxylation sites is 1. The monoisotopic (exact) mass is 376 g/mol. The lowest BCUT2D eigenvalue weighted by Crippen LogP contribution is -2.55. The first kappa shape index (κ1) is 16.8. The lowest BCUT2D eigenvalue weighted by atomic mass is 10.1. The van der Waals surface area contributed by atoms with Gasteiger partial charge < -0.3 is 19.2 Å². The van der Waals surface area contributed by atoms with E-state index >= 15 is 0 Å². The SMILES string of the molecule is O=C(Nc1noc2ccccc12)N1CCNCC1Cc1ccc2cccc-2o1. The van der Waals surface area contributed by atoms with E-state index in [1.165, 1.54) is 0 Å². The molecule has 1 aliphatic carbocycles. The quantitative estimate of drug-likeness (QED) is 0.571. The molecule has 5 rings (SSSR count). The van der Waals surface area contributed by atoms with Gasteiger partial charge in [-0.1, -0.05) is 29.4 Å². The fourth-order valence-corrected chi connectivity index (χ4v) is 3.71. The van der Waals surface area contributed by atoms with Crippen LogP contribution >= 0.6 is 0 Å². The number of carbonyl (C=O) groups excluding carboxylic acids is 1. The summed E-state index contributed by atoms with van der Waals surface area (Å²) < 4.78 is 11.3. The number of urea groups is 1. The van der Waals surface area contributed by atoms with Gasteiger partial charge in [0.2, 0.25) is 0 Å². The van der Waals surface area contributed by atoms with Crippen molar-refractivity contribution in [3.63, 3.8) is 0 Å². The van der Waals surface area contributed by atoms with Gasteiger partial charge in [0.1, 0.15) is 11.5 Å². The van der Waals surface area contributed by atoms with Crippen molar-refractivity contribution < 1.29 is 13.7 Å². The molecular formula is C21H20N4O3. The summed E-state index contributed by atoms with van der Waals surface area (Å²) in [6.45, 7) is 2.08. The van der Waals surface area contributed by atoms with E-state index in [1.54, 1.807) is 0 Å². The maximum Gasteiger partial charge on any atom is 0.323 e. The number of hydrogen-bond acceptors (Lipinski definition) is 5. The number of aromatic nitrogens is 1. The minimum absolute atomic E-state index is 0.0110. The Morgan fingerprint density at radius 2 is 2.11 bits per heavy atom. The van der Waals surface area contributed by atoms with Crippen molar-refractivity contribution in [2.75, 3.05) is 25.0 Å². The van der Waals surface area contributed by atoms with Crippen molar-refractivity contribution in [3.05, 3.63) is 60.4 Å². The number of nitrogens with one attached hydrogen (secondary N) is 2. The van der Waals surface area contributed by atoms with E-state index in [1.807, 2.05) is 53.4 Å². The summed E-state index contributed by atoms with van der Waals surface area (Å²) in [6, 6.07) is 17.3. The molecule has 2 N–H and O–H groups in total. The highest BCUT2D eigenvalue weighted by atomic mass is 16.5. The topological polar surface area (TPSA) is 83.5 Å². The Labute approximate surface area is 161 Å². The Bertz CT molecular complexity index is 1090. The second-order valence-electron chi connectivity index (χ2n) is 6.96. The molecule has 1 aromatic carbocycles. The van der Waals surface area contributed by atoms with Crippen LogP contribution in [0.1, 0.15) is 5.76 Å². The molecular weight excluding hydrogens is 356 g/mol. The number of piperazine rings is 1. The Balaban J connectivity index is 1.35. The van der Waals surface area contributed by atoms with Crippen molar-refractivity contribution in [2.45, 2.75) is 12.5 Å². The second kappa shape index (κ2) is 7.01. The fourth-order valence-electron chi connectivity index (χ4n) is 3.71. The number of rotatable bonds is 3. The predicted octanol–water partition coefficient (Wildman–Crippen LogP) is 3.57. The van der Waals surface area contributed by atoms with Crippen LogP contribution in [0.4, 0.5) is 10.6 Å². The molecule has 1 atom stereocenters. The third-order valence-electron chi connectivity index (χ3n) is 5.15. The van der Waals surface area contributed by atoms with Crippen LogP contribution in [0.2, 0.25) is 0 Å². The van der Waals surface area contributed by atoms with Crippen LogP contribution in [-0.4, -0.2) is 41.8 Å². The largest absolute Gasteiger partial charge is 0.461 e. The number of amides is 2. The first-order chi connectivity index (χ1) is 13.8. The van der Waals surface area contributed by atoms with Crippen LogP contribution in [-0.2, 0) is 6.42 Å². The highest BCUT2D eigenvalue weighted by Crippen LogP contribution is 2.26. The van der Waals surface area contributed by atoms with Crippen molar-refractivity contribution in [3.8, 4) is 11.3 Å². The summed E-state index contributed by atoms with van der Waals surface area (Å²) in [5.41, 5.74) is 1.73. The van der Waals surface area contributed by atoms with Gasteiger partial charge >= 0.3 is 6.03 Å². The van der Waals surface area contributed by atoms with Gasteiger partial charge in [0.05, 0.1) is 11.4 Å². The molecule has 28 heavy (non-hydrogen) atoms. The highest BCUT2D eigenvalue weighted by molar-refractivity contribution is 5.98. The van der Waals surface area contributed by atoms with Crippen LogP contribution in [0.3, 0.4) is 0 Å². The molecule has 0 radical (unpaired) electrons. The van der Waals surface area contributed by atoms with Gasteiger partial charge in [0, 0.05) is 31.6 Å². The Hall–Kier alpha value is -3.32. The molecule has 1 fully saturated rings. The fraction of sp³-hybridized carbons (Fsp3) is 0.238. The number of carbonyl (C=O) groups is 1. The van der Waals surface area contributed by atoms with Gasteiger partial charge in [-0.2, -0.15) is 0 Å². The van der Waals surface area contributed by atoms with Gasteiger partial charge in [0.15, 0.2) is 11.4 Å². The number of nitrogens with zero attached hydrogens (tertiary/aromatic N) is 2. The van der Waals surface area contributed by atoms with E-state index in [9.17, 15) is 4.79 Å². The first-order valence-electron chi connectivity index (χ1n) is 9.38. The zero-order chi connectivity index (χ0) is 18.9. The van der Waals surface area contributed by atoms with E-state index in [2.05, 4.69) is 21.9 Å². The summed E-state index contributed by atoms with van der Waals surface area (Å²) >= 11 is 0. The van der Waals surface area contributed by atoms with E-state index < -0.39 is 0 Å². The minimum atomic E-state index is -0.181. The molecule has 3 heterocycles. The van der Waals surface area contributed by atoms with Crippen LogP contribution in [0.25, 0.3) is 22.3 Å². The molecule has 1 aromatic heterocycles. The normalized spacial score (nSPS) is 17.3. The molecule has 2 aliphatic heterocycles. The maximum absolute atomic E-state index is 13.0. The molecule has 0 bridgehead atoms.